The molecular weight excluding hydrogens is 457 g/mol. The summed E-state index contributed by atoms with van der Waals surface area (Å²) in [5.41, 5.74) is 4.07. The van der Waals surface area contributed by atoms with Crippen LogP contribution < -0.4 is 5.32 Å². The summed E-state index contributed by atoms with van der Waals surface area (Å²) in [5, 5.41) is 8.71. The Morgan fingerprint density at radius 1 is 0.879 bits per heavy atom. The Kier molecular flexibility index (Phi) is 6.63. The van der Waals surface area contributed by atoms with Crippen LogP contribution in [0.15, 0.2) is 72.8 Å². The number of ketones is 1. The number of aryl methyl sites for hydroxylation is 1. The zero-order valence-corrected chi connectivity index (χ0v) is 19.6. The second-order valence-corrected chi connectivity index (χ2v) is 8.47. The van der Waals surface area contributed by atoms with Crippen molar-refractivity contribution in [1.29, 1.82) is 0 Å². The van der Waals surface area contributed by atoms with E-state index in [1.807, 2.05) is 38.1 Å². The molecule has 0 saturated carbocycles. The fraction of sp³-hybridized carbons (Fsp3) is 0.115. The molecule has 33 heavy (non-hydrogen) atoms. The molecule has 0 unspecified atom stereocenters. The highest BCUT2D eigenvalue weighted by Gasteiger charge is 2.21. The minimum absolute atomic E-state index is 0.250. The number of anilines is 1. The number of amides is 1. The number of hydrogen-bond donors (Lipinski definition) is 1. The van der Waals surface area contributed by atoms with E-state index >= 15 is 0 Å². The third-order valence-corrected chi connectivity index (χ3v) is 6.04. The normalized spacial score (nSPS) is 10.8. The molecule has 4 aromatic rings. The van der Waals surface area contributed by atoms with E-state index in [0.29, 0.717) is 39.1 Å². The largest absolute Gasteiger partial charge is 0.319 e. The fourth-order valence-electron chi connectivity index (χ4n) is 3.64. The van der Waals surface area contributed by atoms with E-state index in [4.69, 9.17) is 23.2 Å². The van der Waals surface area contributed by atoms with Gasteiger partial charge in [0.05, 0.1) is 29.2 Å². The molecule has 4 rings (SSSR count). The van der Waals surface area contributed by atoms with Gasteiger partial charge in [0.25, 0.3) is 5.91 Å². The molecule has 1 heterocycles. The minimum Gasteiger partial charge on any atom is -0.319 e. The van der Waals surface area contributed by atoms with Gasteiger partial charge < -0.3 is 5.32 Å². The lowest BCUT2D eigenvalue weighted by atomic mass is 9.98. The van der Waals surface area contributed by atoms with E-state index in [9.17, 15) is 9.59 Å². The number of carbonyl (C=O) groups excluding carboxylic acids is 2. The monoisotopic (exact) mass is 477 g/mol. The zero-order chi connectivity index (χ0) is 23.5. The first kappa shape index (κ1) is 22.8. The molecule has 0 aliphatic rings. The molecule has 0 spiro atoms. The van der Waals surface area contributed by atoms with Gasteiger partial charge in [-0.25, -0.2) is 0 Å². The highest BCUT2D eigenvalue weighted by Crippen LogP contribution is 2.24. The van der Waals surface area contributed by atoms with E-state index in [2.05, 4.69) is 10.4 Å². The number of rotatable bonds is 6. The Morgan fingerprint density at radius 2 is 1.52 bits per heavy atom. The Hall–Kier alpha value is -3.41. The van der Waals surface area contributed by atoms with Gasteiger partial charge in [-0.05, 0) is 55.8 Å². The second kappa shape index (κ2) is 9.61. The van der Waals surface area contributed by atoms with Gasteiger partial charge in [0.1, 0.15) is 0 Å². The van der Waals surface area contributed by atoms with Crippen molar-refractivity contribution in [3.63, 3.8) is 0 Å². The van der Waals surface area contributed by atoms with Crippen molar-refractivity contribution in [2.24, 2.45) is 0 Å². The molecule has 0 aliphatic heterocycles. The summed E-state index contributed by atoms with van der Waals surface area (Å²) < 4.78 is 1.80. The molecule has 0 atom stereocenters. The first-order valence-electron chi connectivity index (χ1n) is 10.3. The quantitative estimate of drug-likeness (QED) is 0.329. The third-order valence-electron chi connectivity index (χ3n) is 5.42. The van der Waals surface area contributed by atoms with Gasteiger partial charge in [-0.2, -0.15) is 5.10 Å². The van der Waals surface area contributed by atoms with Crippen LogP contribution in [0, 0.1) is 13.8 Å². The fourth-order valence-corrected chi connectivity index (χ4v) is 3.96. The molecule has 0 radical (unpaired) electrons. The molecule has 1 aromatic heterocycles. The number of nitrogens with zero attached hydrogens (tertiary/aromatic N) is 2. The van der Waals surface area contributed by atoms with Crippen LogP contribution in [0.3, 0.4) is 0 Å². The summed E-state index contributed by atoms with van der Waals surface area (Å²) in [7, 11) is 0. The second-order valence-electron chi connectivity index (χ2n) is 7.63. The van der Waals surface area contributed by atoms with Crippen LogP contribution in [0.2, 0.25) is 10.0 Å². The maximum absolute atomic E-state index is 13.2. The van der Waals surface area contributed by atoms with Crippen molar-refractivity contribution in [3.05, 3.63) is 116 Å². The summed E-state index contributed by atoms with van der Waals surface area (Å²) in [6.07, 6.45) is 0. The summed E-state index contributed by atoms with van der Waals surface area (Å²) in [6.45, 7) is 4.20. The predicted molar refractivity (Wildman–Crippen MR) is 132 cm³/mol. The van der Waals surface area contributed by atoms with Crippen LogP contribution in [0.25, 0.3) is 0 Å². The molecule has 0 fully saturated rings. The Balaban J connectivity index is 1.61. The standard InChI is InChI=1S/C26H21Cl2N3O2/c1-16-24(17(2)31(30-16)15-19-7-3-6-10-23(19)28)29-26(33)22-9-5-4-8-21(22)25(32)18-11-13-20(27)14-12-18/h3-14H,15H2,1-2H3,(H,29,33). The molecule has 1 amide bonds. The van der Waals surface area contributed by atoms with Gasteiger partial charge in [0.15, 0.2) is 5.78 Å². The number of benzene rings is 3. The van der Waals surface area contributed by atoms with E-state index in [0.717, 1.165) is 11.3 Å². The first-order valence-corrected chi connectivity index (χ1v) is 11.1. The molecule has 0 aliphatic carbocycles. The number of aromatic nitrogens is 2. The van der Waals surface area contributed by atoms with Crippen molar-refractivity contribution in [2.75, 3.05) is 5.32 Å². The zero-order valence-electron chi connectivity index (χ0n) is 18.1. The molecule has 1 N–H and O–H groups in total. The Morgan fingerprint density at radius 3 is 2.21 bits per heavy atom. The van der Waals surface area contributed by atoms with Gasteiger partial charge in [0, 0.05) is 21.2 Å². The van der Waals surface area contributed by atoms with Crippen LogP contribution in [-0.4, -0.2) is 21.5 Å². The lowest BCUT2D eigenvalue weighted by Crippen LogP contribution is -2.17. The smallest absolute Gasteiger partial charge is 0.256 e. The number of carbonyl (C=O) groups is 2. The van der Waals surface area contributed by atoms with Crippen molar-refractivity contribution in [1.82, 2.24) is 9.78 Å². The van der Waals surface area contributed by atoms with Crippen molar-refractivity contribution >= 4 is 40.6 Å². The van der Waals surface area contributed by atoms with Crippen molar-refractivity contribution in [3.8, 4) is 0 Å². The number of hydrogen-bond acceptors (Lipinski definition) is 3. The van der Waals surface area contributed by atoms with Gasteiger partial charge in [-0.15, -0.1) is 0 Å². The molecular formula is C26H21Cl2N3O2. The van der Waals surface area contributed by atoms with Crippen LogP contribution >= 0.6 is 23.2 Å². The van der Waals surface area contributed by atoms with Crippen LogP contribution in [0.1, 0.15) is 43.2 Å². The van der Waals surface area contributed by atoms with Crippen LogP contribution in [0.4, 0.5) is 5.69 Å². The lowest BCUT2D eigenvalue weighted by Gasteiger charge is -2.11. The Labute approximate surface area is 202 Å². The summed E-state index contributed by atoms with van der Waals surface area (Å²) >= 11 is 12.2. The van der Waals surface area contributed by atoms with E-state index < -0.39 is 0 Å². The maximum Gasteiger partial charge on any atom is 0.256 e. The van der Waals surface area contributed by atoms with Gasteiger partial charge in [0.2, 0.25) is 0 Å². The topological polar surface area (TPSA) is 64.0 Å². The molecule has 0 saturated heterocycles. The van der Waals surface area contributed by atoms with E-state index in [1.165, 1.54) is 0 Å². The number of nitrogens with one attached hydrogen (secondary N) is 1. The average Bonchev–Trinajstić information content (AvgIpc) is 3.08. The van der Waals surface area contributed by atoms with Gasteiger partial charge >= 0.3 is 0 Å². The molecule has 0 bridgehead atoms. The summed E-state index contributed by atoms with van der Waals surface area (Å²) in [5.74, 6) is -0.628. The third kappa shape index (κ3) is 4.85. The predicted octanol–water partition coefficient (Wildman–Crippen LogP) is 6.34. The summed E-state index contributed by atoms with van der Waals surface area (Å²) in [4.78, 5) is 26.3. The lowest BCUT2D eigenvalue weighted by molar-refractivity contribution is 0.0996. The minimum atomic E-state index is -0.378. The SMILES string of the molecule is Cc1nn(Cc2ccccc2Cl)c(C)c1NC(=O)c1ccccc1C(=O)c1ccc(Cl)cc1. The molecule has 3 aromatic carbocycles. The Bertz CT molecular complexity index is 1340. The highest BCUT2D eigenvalue weighted by molar-refractivity contribution is 6.31. The van der Waals surface area contributed by atoms with Gasteiger partial charge in [-0.1, -0.05) is 59.6 Å². The summed E-state index contributed by atoms with van der Waals surface area (Å²) in [6, 6.07) is 20.9. The van der Waals surface area contributed by atoms with Gasteiger partial charge in [-0.3, -0.25) is 14.3 Å². The average molecular weight is 478 g/mol. The number of halogens is 2. The van der Waals surface area contributed by atoms with Crippen molar-refractivity contribution < 1.29 is 9.59 Å². The van der Waals surface area contributed by atoms with Crippen LogP contribution in [0.5, 0.6) is 0 Å². The first-order chi connectivity index (χ1) is 15.8. The van der Waals surface area contributed by atoms with Crippen LogP contribution in [-0.2, 0) is 6.54 Å². The highest BCUT2D eigenvalue weighted by atomic mass is 35.5. The molecule has 7 heteroatoms. The van der Waals surface area contributed by atoms with Crippen molar-refractivity contribution in [2.45, 2.75) is 20.4 Å². The molecule has 5 nitrogen and oxygen atoms in total. The van der Waals surface area contributed by atoms with E-state index in [1.54, 1.807) is 53.2 Å². The maximum atomic E-state index is 13.2. The molecule has 166 valence electrons. The van der Waals surface area contributed by atoms with E-state index in [-0.39, 0.29) is 17.3 Å².